The fraction of sp³-hybridized carbons (Fsp3) is 0.231. The molecule has 3 aromatic rings. The Hall–Kier alpha value is -3.25. The average Bonchev–Trinajstić information content (AvgIpc) is 2.82. The van der Waals surface area contributed by atoms with Crippen LogP contribution in [0.2, 0.25) is 0 Å². The van der Waals surface area contributed by atoms with Gasteiger partial charge in [-0.15, -0.1) is 11.8 Å². The van der Waals surface area contributed by atoms with E-state index in [1.54, 1.807) is 40.9 Å². The van der Waals surface area contributed by atoms with Crippen LogP contribution in [0.25, 0.3) is 0 Å². The molecular formula is C26H27N3O2S. The largest absolute Gasteiger partial charge is 0.352 e. The topological polar surface area (TPSA) is 61.4 Å². The molecule has 164 valence electrons. The molecule has 0 saturated heterocycles. The number of anilines is 2. The molecule has 4 rings (SSSR count). The molecule has 1 aliphatic rings. The highest BCUT2D eigenvalue weighted by atomic mass is 32.2. The van der Waals surface area contributed by atoms with E-state index in [9.17, 15) is 9.59 Å². The van der Waals surface area contributed by atoms with Gasteiger partial charge in [0.15, 0.2) is 0 Å². The second-order valence-electron chi connectivity index (χ2n) is 7.86. The third-order valence-electron chi connectivity index (χ3n) is 5.34. The highest BCUT2D eigenvalue weighted by Crippen LogP contribution is 2.38. The maximum atomic E-state index is 12.9. The molecule has 1 atom stereocenters. The maximum Gasteiger partial charge on any atom is 0.326 e. The van der Waals surface area contributed by atoms with Gasteiger partial charge in [-0.1, -0.05) is 49.4 Å². The van der Waals surface area contributed by atoms with E-state index in [0.717, 1.165) is 23.4 Å². The molecule has 0 aliphatic carbocycles. The molecule has 0 aromatic heterocycles. The number of benzene rings is 3. The number of urea groups is 1. The summed E-state index contributed by atoms with van der Waals surface area (Å²) in [6, 6.07) is 25.1. The molecule has 1 heterocycles. The average molecular weight is 446 g/mol. The van der Waals surface area contributed by atoms with Crippen molar-refractivity contribution >= 4 is 35.1 Å². The first-order valence-corrected chi connectivity index (χ1v) is 11.7. The van der Waals surface area contributed by atoms with Crippen LogP contribution >= 0.6 is 11.8 Å². The normalized spacial score (nSPS) is 15.0. The number of rotatable bonds is 6. The minimum absolute atomic E-state index is 0.105. The highest BCUT2D eigenvalue weighted by Gasteiger charge is 2.26. The number of fused-ring (bicyclic) bond motifs is 1. The Kier molecular flexibility index (Phi) is 7.12. The lowest BCUT2D eigenvalue weighted by atomic mass is 10.1. The number of carbonyl (C=O) groups is 2. The molecule has 0 saturated carbocycles. The van der Waals surface area contributed by atoms with Crippen molar-refractivity contribution in [3.05, 3.63) is 90.0 Å². The van der Waals surface area contributed by atoms with Gasteiger partial charge in [0, 0.05) is 34.5 Å². The van der Waals surface area contributed by atoms with Crippen molar-refractivity contribution in [3.63, 3.8) is 0 Å². The Balaban J connectivity index is 1.30. The van der Waals surface area contributed by atoms with Gasteiger partial charge in [0.25, 0.3) is 5.91 Å². The second-order valence-corrected chi connectivity index (χ2v) is 9.34. The van der Waals surface area contributed by atoms with Crippen LogP contribution in [0, 0.1) is 0 Å². The number of para-hydroxylation sites is 1. The fourth-order valence-electron chi connectivity index (χ4n) is 3.72. The lowest BCUT2D eigenvalue weighted by Gasteiger charge is -2.32. The maximum absolute atomic E-state index is 12.9. The van der Waals surface area contributed by atoms with Crippen LogP contribution in [0.15, 0.2) is 83.8 Å². The molecule has 0 spiro atoms. The monoisotopic (exact) mass is 445 g/mol. The van der Waals surface area contributed by atoms with E-state index in [2.05, 4.69) is 29.7 Å². The molecule has 0 fully saturated rings. The molecule has 0 radical (unpaired) electrons. The number of hydrogen-bond donors (Lipinski definition) is 2. The van der Waals surface area contributed by atoms with Gasteiger partial charge in [0.1, 0.15) is 0 Å². The van der Waals surface area contributed by atoms with Gasteiger partial charge in [-0.3, -0.25) is 9.69 Å². The van der Waals surface area contributed by atoms with Gasteiger partial charge < -0.3 is 10.6 Å². The molecule has 2 N–H and O–H groups in total. The molecule has 3 amide bonds. The SMILES string of the molecule is CC1CN(C(=O)Nc2ccc(C(=O)NCCCc3ccccc3)cc2)c2ccccc2S1. The van der Waals surface area contributed by atoms with Crippen molar-refractivity contribution in [2.24, 2.45) is 0 Å². The van der Waals surface area contributed by atoms with Gasteiger partial charge in [-0.05, 0) is 54.8 Å². The van der Waals surface area contributed by atoms with Gasteiger partial charge in [-0.2, -0.15) is 0 Å². The van der Waals surface area contributed by atoms with Crippen LogP contribution in [0.1, 0.15) is 29.3 Å². The smallest absolute Gasteiger partial charge is 0.326 e. The van der Waals surface area contributed by atoms with E-state index in [-0.39, 0.29) is 11.9 Å². The van der Waals surface area contributed by atoms with Gasteiger partial charge in [-0.25, -0.2) is 4.79 Å². The molecule has 32 heavy (non-hydrogen) atoms. The molecule has 0 bridgehead atoms. The number of carbonyl (C=O) groups excluding carboxylic acids is 2. The van der Waals surface area contributed by atoms with Crippen molar-refractivity contribution in [3.8, 4) is 0 Å². The number of nitrogens with one attached hydrogen (secondary N) is 2. The minimum Gasteiger partial charge on any atom is -0.352 e. The van der Waals surface area contributed by atoms with Crippen molar-refractivity contribution in [2.75, 3.05) is 23.3 Å². The standard InChI is InChI=1S/C26H27N3O2S/c1-19-18-29(23-11-5-6-12-24(23)32-19)26(31)28-22-15-13-21(14-16-22)25(30)27-17-7-10-20-8-3-2-4-9-20/h2-6,8-9,11-16,19H,7,10,17-18H2,1H3,(H,27,30)(H,28,31). The third kappa shape index (κ3) is 5.51. The van der Waals surface area contributed by atoms with Crippen molar-refractivity contribution in [1.82, 2.24) is 5.32 Å². The van der Waals surface area contributed by atoms with E-state index >= 15 is 0 Å². The Morgan fingerprint density at radius 2 is 1.69 bits per heavy atom. The molecule has 3 aromatic carbocycles. The lowest BCUT2D eigenvalue weighted by molar-refractivity contribution is 0.0953. The number of aryl methyl sites for hydroxylation is 1. The summed E-state index contributed by atoms with van der Waals surface area (Å²) in [4.78, 5) is 28.2. The number of amides is 3. The number of thioether (sulfide) groups is 1. The van der Waals surface area contributed by atoms with E-state index in [4.69, 9.17) is 0 Å². The van der Waals surface area contributed by atoms with Crippen molar-refractivity contribution in [1.29, 1.82) is 0 Å². The highest BCUT2D eigenvalue weighted by molar-refractivity contribution is 8.00. The Morgan fingerprint density at radius 3 is 2.47 bits per heavy atom. The lowest BCUT2D eigenvalue weighted by Crippen LogP contribution is -2.41. The summed E-state index contributed by atoms with van der Waals surface area (Å²) in [7, 11) is 0. The fourth-order valence-corrected chi connectivity index (χ4v) is 4.83. The predicted molar refractivity (Wildman–Crippen MR) is 132 cm³/mol. The summed E-state index contributed by atoms with van der Waals surface area (Å²) in [6.07, 6.45) is 1.82. The number of hydrogen-bond acceptors (Lipinski definition) is 3. The molecular weight excluding hydrogens is 418 g/mol. The summed E-state index contributed by atoms with van der Waals surface area (Å²) < 4.78 is 0. The number of nitrogens with zero attached hydrogens (tertiary/aromatic N) is 1. The van der Waals surface area contributed by atoms with E-state index in [1.807, 2.05) is 42.5 Å². The van der Waals surface area contributed by atoms with Crippen LogP contribution in [0.4, 0.5) is 16.2 Å². The molecule has 5 nitrogen and oxygen atoms in total. The molecule has 1 aliphatic heterocycles. The zero-order valence-corrected chi connectivity index (χ0v) is 18.9. The molecule has 6 heteroatoms. The van der Waals surface area contributed by atoms with E-state index in [0.29, 0.717) is 29.6 Å². The quantitative estimate of drug-likeness (QED) is 0.487. The summed E-state index contributed by atoms with van der Waals surface area (Å²) in [5, 5.41) is 6.24. The zero-order valence-electron chi connectivity index (χ0n) is 18.1. The Bertz CT molecular complexity index is 1070. The van der Waals surface area contributed by atoms with Crippen LogP contribution in [-0.4, -0.2) is 30.3 Å². The predicted octanol–water partition coefficient (Wildman–Crippen LogP) is 5.58. The first-order chi connectivity index (χ1) is 15.6. The summed E-state index contributed by atoms with van der Waals surface area (Å²) in [6.45, 7) is 3.39. The van der Waals surface area contributed by atoms with Crippen LogP contribution in [0.3, 0.4) is 0 Å². The summed E-state index contributed by atoms with van der Waals surface area (Å²) in [5.74, 6) is -0.105. The van der Waals surface area contributed by atoms with Crippen molar-refractivity contribution < 1.29 is 9.59 Å². The van der Waals surface area contributed by atoms with Crippen LogP contribution in [0.5, 0.6) is 0 Å². The van der Waals surface area contributed by atoms with Gasteiger partial charge in [0.05, 0.1) is 5.69 Å². The van der Waals surface area contributed by atoms with E-state index < -0.39 is 0 Å². The Morgan fingerprint density at radius 1 is 0.969 bits per heavy atom. The van der Waals surface area contributed by atoms with E-state index in [1.165, 1.54) is 5.56 Å². The first kappa shape index (κ1) is 22.0. The van der Waals surface area contributed by atoms with Crippen LogP contribution in [-0.2, 0) is 6.42 Å². The van der Waals surface area contributed by atoms with Crippen LogP contribution < -0.4 is 15.5 Å². The zero-order chi connectivity index (χ0) is 22.3. The van der Waals surface area contributed by atoms with Gasteiger partial charge in [0.2, 0.25) is 0 Å². The third-order valence-corrected chi connectivity index (χ3v) is 6.49. The minimum atomic E-state index is -0.164. The molecule has 1 unspecified atom stereocenters. The second kappa shape index (κ2) is 10.4. The van der Waals surface area contributed by atoms with Crippen molar-refractivity contribution in [2.45, 2.75) is 29.9 Å². The Labute approximate surface area is 193 Å². The van der Waals surface area contributed by atoms with Gasteiger partial charge >= 0.3 is 6.03 Å². The summed E-state index contributed by atoms with van der Waals surface area (Å²) >= 11 is 1.79. The summed E-state index contributed by atoms with van der Waals surface area (Å²) in [5.41, 5.74) is 3.45. The first-order valence-electron chi connectivity index (χ1n) is 10.9.